The molecule has 2 heterocycles. The van der Waals surface area contributed by atoms with E-state index in [1.807, 2.05) is 6.92 Å². The molecule has 1 fully saturated rings. The second kappa shape index (κ2) is 7.33. The number of aromatic amines is 1. The molecular weight excluding hydrogens is 272 g/mol. The highest BCUT2D eigenvalue weighted by Gasteiger charge is 2.30. The van der Waals surface area contributed by atoms with Crippen LogP contribution in [0.25, 0.3) is 0 Å². The minimum absolute atomic E-state index is 0.0281. The first-order valence-corrected chi connectivity index (χ1v) is 7.13. The van der Waals surface area contributed by atoms with Crippen molar-refractivity contribution in [2.45, 2.75) is 32.5 Å². The first-order valence-electron chi connectivity index (χ1n) is 7.13. The Morgan fingerprint density at radius 1 is 1.71 bits per heavy atom. The number of ether oxygens (including phenoxy) is 2. The van der Waals surface area contributed by atoms with E-state index in [4.69, 9.17) is 9.47 Å². The maximum absolute atomic E-state index is 12.3. The Bertz CT molecular complexity index is 488. The number of carbonyl (C=O) groups is 1. The fraction of sp³-hybridized carbons (Fsp3) is 0.643. The Kier molecular flexibility index (Phi) is 5.46. The number of amides is 1. The summed E-state index contributed by atoms with van der Waals surface area (Å²) in [6.07, 6.45) is 1.76. The maximum Gasteiger partial charge on any atom is 0.251 e. The number of aromatic nitrogens is 3. The molecule has 0 aromatic carbocycles. The van der Waals surface area contributed by atoms with E-state index in [9.17, 15) is 4.79 Å². The van der Waals surface area contributed by atoms with Gasteiger partial charge in [0.25, 0.3) is 5.91 Å². The number of rotatable bonds is 6. The summed E-state index contributed by atoms with van der Waals surface area (Å²) in [6.45, 7) is 9.22. The topological polar surface area (TPSA) is 80.3 Å². The lowest BCUT2D eigenvalue weighted by atomic mass is 10.2. The molecule has 1 aliphatic rings. The second-order valence-electron chi connectivity index (χ2n) is 5.01. The predicted molar refractivity (Wildman–Crippen MR) is 76.6 cm³/mol. The van der Waals surface area contributed by atoms with Gasteiger partial charge in [-0.15, -0.1) is 6.58 Å². The Hall–Kier alpha value is -1.73. The van der Waals surface area contributed by atoms with E-state index in [1.54, 1.807) is 17.9 Å². The first kappa shape index (κ1) is 15.7. The van der Waals surface area contributed by atoms with Gasteiger partial charge < -0.3 is 14.4 Å². The van der Waals surface area contributed by atoms with Crippen LogP contribution in [-0.4, -0.2) is 58.4 Å². The van der Waals surface area contributed by atoms with Crippen LogP contribution >= 0.6 is 0 Å². The molecule has 0 bridgehead atoms. The molecule has 1 N–H and O–H groups in total. The van der Waals surface area contributed by atoms with E-state index in [0.717, 1.165) is 12.2 Å². The average Bonchev–Trinajstić information content (AvgIpc) is 2.93. The SMILES string of the molecule is C=CCCOC(C)C(=O)N1CCOC(c2n[nH]c(C)n2)C1. The minimum Gasteiger partial charge on any atom is -0.368 e. The van der Waals surface area contributed by atoms with E-state index in [-0.39, 0.29) is 12.0 Å². The summed E-state index contributed by atoms with van der Waals surface area (Å²) in [6, 6.07) is 0. The van der Waals surface area contributed by atoms with Crippen molar-refractivity contribution in [1.29, 1.82) is 0 Å². The molecule has 2 atom stereocenters. The molecule has 2 unspecified atom stereocenters. The van der Waals surface area contributed by atoms with Crippen molar-refractivity contribution in [1.82, 2.24) is 20.1 Å². The van der Waals surface area contributed by atoms with Gasteiger partial charge in [-0.05, 0) is 20.3 Å². The predicted octanol–water partition coefficient (Wildman–Crippen LogP) is 0.994. The van der Waals surface area contributed by atoms with Gasteiger partial charge in [-0.25, -0.2) is 4.98 Å². The molecule has 1 aromatic heterocycles. The lowest BCUT2D eigenvalue weighted by molar-refractivity contribution is -0.150. The van der Waals surface area contributed by atoms with Gasteiger partial charge in [-0.2, -0.15) is 5.10 Å². The number of aryl methyl sites for hydroxylation is 1. The molecule has 2 rings (SSSR count). The van der Waals surface area contributed by atoms with Gasteiger partial charge in [-0.1, -0.05) is 6.08 Å². The van der Waals surface area contributed by atoms with Crippen molar-refractivity contribution < 1.29 is 14.3 Å². The van der Waals surface area contributed by atoms with Gasteiger partial charge in [0.15, 0.2) is 5.82 Å². The van der Waals surface area contributed by atoms with Crippen LogP contribution in [0, 0.1) is 6.92 Å². The molecule has 0 spiro atoms. The normalized spacial score (nSPS) is 20.3. The number of nitrogens with zero attached hydrogens (tertiary/aromatic N) is 3. The molecule has 1 aliphatic heterocycles. The van der Waals surface area contributed by atoms with Gasteiger partial charge in [0.2, 0.25) is 0 Å². The van der Waals surface area contributed by atoms with Crippen LogP contribution in [0.1, 0.15) is 31.1 Å². The molecule has 0 saturated carbocycles. The average molecular weight is 294 g/mol. The van der Waals surface area contributed by atoms with Crippen molar-refractivity contribution >= 4 is 5.91 Å². The highest BCUT2D eigenvalue weighted by atomic mass is 16.5. The molecule has 1 aromatic rings. The summed E-state index contributed by atoms with van der Waals surface area (Å²) >= 11 is 0. The summed E-state index contributed by atoms with van der Waals surface area (Å²) in [5.41, 5.74) is 0. The zero-order valence-electron chi connectivity index (χ0n) is 12.5. The van der Waals surface area contributed by atoms with Crippen LogP contribution in [0.15, 0.2) is 12.7 Å². The molecule has 1 amide bonds. The number of carbonyl (C=O) groups excluding carboxylic acids is 1. The lowest BCUT2D eigenvalue weighted by Crippen LogP contribution is -2.46. The Morgan fingerprint density at radius 2 is 2.52 bits per heavy atom. The molecule has 7 nitrogen and oxygen atoms in total. The molecule has 1 saturated heterocycles. The Labute approximate surface area is 124 Å². The largest absolute Gasteiger partial charge is 0.368 e. The molecule has 0 radical (unpaired) electrons. The third-order valence-corrected chi connectivity index (χ3v) is 3.32. The third kappa shape index (κ3) is 4.12. The monoisotopic (exact) mass is 294 g/mol. The van der Waals surface area contributed by atoms with Crippen molar-refractivity contribution in [2.24, 2.45) is 0 Å². The summed E-state index contributed by atoms with van der Waals surface area (Å²) < 4.78 is 11.1. The standard InChI is InChI=1S/C14H22N4O3/c1-4-5-7-20-10(2)14(19)18-6-8-21-12(9-18)13-15-11(3)16-17-13/h4,10,12H,1,5-9H2,2-3H3,(H,15,16,17). The molecular formula is C14H22N4O3. The van der Waals surface area contributed by atoms with Gasteiger partial charge in [0, 0.05) is 6.54 Å². The van der Waals surface area contributed by atoms with Crippen LogP contribution in [0.3, 0.4) is 0 Å². The third-order valence-electron chi connectivity index (χ3n) is 3.32. The molecule has 0 aliphatic carbocycles. The van der Waals surface area contributed by atoms with Crippen LogP contribution in [-0.2, 0) is 14.3 Å². The number of morpholine rings is 1. The molecule has 116 valence electrons. The number of nitrogens with one attached hydrogen (secondary N) is 1. The van der Waals surface area contributed by atoms with E-state index in [2.05, 4.69) is 21.8 Å². The lowest BCUT2D eigenvalue weighted by Gasteiger charge is -2.33. The maximum atomic E-state index is 12.3. The van der Waals surface area contributed by atoms with Crippen LogP contribution in [0.5, 0.6) is 0 Å². The van der Waals surface area contributed by atoms with E-state index >= 15 is 0 Å². The number of hydrogen-bond acceptors (Lipinski definition) is 5. The Balaban J connectivity index is 1.90. The smallest absolute Gasteiger partial charge is 0.251 e. The fourth-order valence-corrected chi connectivity index (χ4v) is 2.17. The summed E-state index contributed by atoms with van der Waals surface area (Å²) in [7, 11) is 0. The highest BCUT2D eigenvalue weighted by molar-refractivity contribution is 5.80. The van der Waals surface area contributed by atoms with Crippen LogP contribution in [0.4, 0.5) is 0 Å². The first-order chi connectivity index (χ1) is 10.1. The summed E-state index contributed by atoms with van der Waals surface area (Å²) in [4.78, 5) is 18.4. The van der Waals surface area contributed by atoms with Crippen molar-refractivity contribution in [3.05, 3.63) is 24.3 Å². The van der Waals surface area contributed by atoms with E-state index < -0.39 is 6.10 Å². The second-order valence-corrected chi connectivity index (χ2v) is 5.01. The van der Waals surface area contributed by atoms with Gasteiger partial charge in [0.05, 0.1) is 19.8 Å². The summed E-state index contributed by atoms with van der Waals surface area (Å²) in [5.74, 6) is 1.29. The fourth-order valence-electron chi connectivity index (χ4n) is 2.17. The quantitative estimate of drug-likeness (QED) is 0.625. The zero-order chi connectivity index (χ0) is 15.2. The van der Waals surface area contributed by atoms with Gasteiger partial charge in [0.1, 0.15) is 18.0 Å². The van der Waals surface area contributed by atoms with Gasteiger partial charge >= 0.3 is 0 Å². The molecule has 21 heavy (non-hydrogen) atoms. The van der Waals surface area contributed by atoms with Crippen LogP contribution in [0.2, 0.25) is 0 Å². The zero-order valence-corrected chi connectivity index (χ0v) is 12.5. The van der Waals surface area contributed by atoms with Crippen LogP contribution < -0.4 is 0 Å². The number of H-pyrrole nitrogens is 1. The van der Waals surface area contributed by atoms with Crippen molar-refractivity contribution in [3.63, 3.8) is 0 Å². The van der Waals surface area contributed by atoms with Gasteiger partial charge in [-0.3, -0.25) is 9.89 Å². The minimum atomic E-state index is -0.461. The van der Waals surface area contributed by atoms with Crippen molar-refractivity contribution in [3.8, 4) is 0 Å². The molecule has 7 heteroatoms. The summed E-state index contributed by atoms with van der Waals surface area (Å²) in [5, 5.41) is 6.89. The highest BCUT2D eigenvalue weighted by Crippen LogP contribution is 2.19. The van der Waals surface area contributed by atoms with E-state index in [0.29, 0.717) is 32.1 Å². The Morgan fingerprint density at radius 3 is 3.19 bits per heavy atom. The van der Waals surface area contributed by atoms with E-state index in [1.165, 1.54) is 0 Å². The number of hydrogen-bond donors (Lipinski definition) is 1. The van der Waals surface area contributed by atoms with Crippen molar-refractivity contribution in [2.75, 3.05) is 26.3 Å².